The normalized spacial score (nSPS) is 15.8. The summed E-state index contributed by atoms with van der Waals surface area (Å²) in [5.74, 6) is 0.771. The Bertz CT molecular complexity index is 1220. The average molecular weight is 465 g/mol. The fourth-order valence-corrected chi connectivity index (χ4v) is 4.92. The molecule has 4 aromatic rings. The minimum absolute atomic E-state index is 0.121. The van der Waals surface area contributed by atoms with Crippen LogP contribution in [0.25, 0.3) is 0 Å². The molecule has 1 aliphatic heterocycles. The molecule has 162 valence electrons. The van der Waals surface area contributed by atoms with Crippen LogP contribution >= 0.6 is 23.1 Å². The molecule has 1 atom stereocenters. The number of amides is 1. The molecule has 0 bridgehead atoms. The van der Waals surface area contributed by atoms with Crippen molar-refractivity contribution in [2.45, 2.75) is 31.1 Å². The first-order valence-electron chi connectivity index (χ1n) is 10.1. The van der Waals surface area contributed by atoms with Gasteiger partial charge < -0.3 is 4.42 Å². The highest BCUT2D eigenvalue weighted by atomic mass is 32.2. The van der Waals surface area contributed by atoms with E-state index in [1.807, 2.05) is 60.8 Å². The number of carbonyl (C=O) groups excluding carboxylic acids is 1. The highest BCUT2D eigenvalue weighted by Gasteiger charge is 2.35. The van der Waals surface area contributed by atoms with Crippen molar-refractivity contribution < 1.29 is 9.21 Å². The Kier molecular flexibility index (Phi) is 5.87. The van der Waals surface area contributed by atoms with E-state index in [-0.39, 0.29) is 17.7 Å². The van der Waals surface area contributed by atoms with Gasteiger partial charge in [0.1, 0.15) is 11.8 Å². The van der Waals surface area contributed by atoms with Gasteiger partial charge in [0, 0.05) is 11.3 Å². The molecule has 10 heteroatoms. The molecule has 0 radical (unpaired) electrons. The molecule has 32 heavy (non-hydrogen) atoms. The summed E-state index contributed by atoms with van der Waals surface area (Å²) < 4.78 is 7.33. The number of rotatable bonds is 7. The molecule has 0 spiro atoms. The molecule has 1 aromatic carbocycles. The third-order valence-corrected chi connectivity index (χ3v) is 6.93. The number of thiophene rings is 1. The summed E-state index contributed by atoms with van der Waals surface area (Å²) in [6, 6.07) is 15.6. The number of hydrogen-bond donors (Lipinski definition) is 0. The first-order chi connectivity index (χ1) is 15.7. The van der Waals surface area contributed by atoms with Crippen LogP contribution in [0.3, 0.4) is 0 Å². The van der Waals surface area contributed by atoms with Gasteiger partial charge in [-0.25, -0.2) is 9.69 Å². The number of aryl methyl sites for hydroxylation is 1. The number of hydrazone groups is 1. The molecule has 0 N–H and O–H groups in total. The SMILES string of the molecule is Cc1ccc(C2=NN(C(=O)CSc3nnnn3Cc3cccs3)C(c3ccco3)C2)cc1. The highest BCUT2D eigenvalue weighted by Crippen LogP contribution is 2.34. The van der Waals surface area contributed by atoms with Gasteiger partial charge in [-0.15, -0.1) is 16.4 Å². The van der Waals surface area contributed by atoms with E-state index < -0.39 is 0 Å². The maximum absolute atomic E-state index is 13.2. The van der Waals surface area contributed by atoms with Crippen molar-refractivity contribution >= 4 is 34.7 Å². The first kappa shape index (κ1) is 20.7. The molecule has 1 unspecified atom stereocenters. The van der Waals surface area contributed by atoms with E-state index >= 15 is 0 Å². The molecule has 1 amide bonds. The molecular formula is C22H20N6O2S2. The lowest BCUT2D eigenvalue weighted by Gasteiger charge is -2.19. The molecule has 0 fully saturated rings. The summed E-state index contributed by atoms with van der Waals surface area (Å²) in [4.78, 5) is 14.3. The number of nitrogens with zero attached hydrogens (tertiary/aromatic N) is 6. The van der Waals surface area contributed by atoms with Crippen molar-refractivity contribution in [1.29, 1.82) is 0 Å². The van der Waals surface area contributed by atoms with Crippen LogP contribution < -0.4 is 0 Å². The van der Waals surface area contributed by atoms with Gasteiger partial charge in [-0.2, -0.15) is 5.10 Å². The predicted octanol–water partition coefficient (Wildman–Crippen LogP) is 4.15. The molecule has 4 heterocycles. The number of carbonyl (C=O) groups is 1. The summed E-state index contributed by atoms with van der Waals surface area (Å²) in [5, 5.41) is 20.7. The first-order valence-corrected chi connectivity index (χ1v) is 12.0. The molecule has 8 nitrogen and oxygen atoms in total. The zero-order valence-corrected chi connectivity index (χ0v) is 18.9. The Hall–Kier alpha value is -3.24. The number of hydrogen-bond acceptors (Lipinski definition) is 8. The average Bonchev–Trinajstić information content (AvgIpc) is 3.60. The van der Waals surface area contributed by atoms with Crippen molar-refractivity contribution in [2.24, 2.45) is 5.10 Å². The summed E-state index contributed by atoms with van der Waals surface area (Å²) in [7, 11) is 0. The molecule has 0 aliphatic carbocycles. The number of tetrazole rings is 1. The van der Waals surface area contributed by atoms with Crippen LogP contribution in [0.5, 0.6) is 0 Å². The van der Waals surface area contributed by atoms with Gasteiger partial charge in [0.2, 0.25) is 5.16 Å². The van der Waals surface area contributed by atoms with Crippen LogP contribution in [0.1, 0.15) is 34.2 Å². The fraction of sp³-hybridized carbons (Fsp3) is 0.227. The van der Waals surface area contributed by atoms with Crippen molar-refractivity contribution in [1.82, 2.24) is 25.2 Å². The molecule has 1 aliphatic rings. The van der Waals surface area contributed by atoms with Gasteiger partial charge in [-0.3, -0.25) is 4.79 Å². The second-order valence-electron chi connectivity index (χ2n) is 7.37. The maximum atomic E-state index is 13.2. The van der Waals surface area contributed by atoms with Crippen LogP contribution in [-0.4, -0.2) is 42.6 Å². The Morgan fingerprint density at radius 1 is 1.22 bits per heavy atom. The Morgan fingerprint density at radius 2 is 2.09 bits per heavy atom. The summed E-state index contributed by atoms with van der Waals surface area (Å²) in [6.07, 6.45) is 2.22. The van der Waals surface area contributed by atoms with Gasteiger partial charge in [0.15, 0.2) is 0 Å². The lowest BCUT2D eigenvalue weighted by atomic mass is 10.0. The number of benzene rings is 1. The van der Waals surface area contributed by atoms with Crippen molar-refractivity contribution in [3.05, 3.63) is 81.9 Å². The van der Waals surface area contributed by atoms with Gasteiger partial charge in [0.25, 0.3) is 5.91 Å². The summed E-state index contributed by atoms with van der Waals surface area (Å²) >= 11 is 2.95. The largest absolute Gasteiger partial charge is 0.467 e. The van der Waals surface area contributed by atoms with Crippen molar-refractivity contribution in [3.63, 3.8) is 0 Å². The van der Waals surface area contributed by atoms with Gasteiger partial charge in [-0.05, 0) is 46.5 Å². The molecule has 3 aromatic heterocycles. The highest BCUT2D eigenvalue weighted by molar-refractivity contribution is 7.99. The van der Waals surface area contributed by atoms with Crippen LogP contribution in [-0.2, 0) is 11.3 Å². The van der Waals surface area contributed by atoms with E-state index in [1.165, 1.54) is 22.3 Å². The summed E-state index contributed by atoms with van der Waals surface area (Å²) in [5.41, 5.74) is 3.06. The Labute approximate surface area is 192 Å². The van der Waals surface area contributed by atoms with E-state index in [2.05, 4.69) is 20.6 Å². The zero-order chi connectivity index (χ0) is 21.9. The zero-order valence-electron chi connectivity index (χ0n) is 17.3. The van der Waals surface area contributed by atoms with E-state index in [9.17, 15) is 4.79 Å². The number of furan rings is 1. The quantitative estimate of drug-likeness (QED) is 0.382. The van der Waals surface area contributed by atoms with Gasteiger partial charge >= 0.3 is 0 Å². The monoisotopic (exact) mass is 464 g/mol. The second-order valence-corrected chi connectivity index (χ2v) is 9.35. The number of thioether (sulfide) groups is 1. The lowest BCUT2D eigenvalue weighted by molar-refractivity contribution is -0.130. The maximum Gasteiger partial charge on any atom is 0.253 e. The minimum Gasteiger partial charge on any atom is -0.467 e. The van der Waals surface area contributed by atoms with Crippen LogP contribution in [0, 0.1) is 6.92 Å². The molecule has 0 saturated carbocycles. The van der Waals surface area contributed by atoms with E-state index in [1.54, 1.807) is 22.3 Å². The summed E-state index contributed by atoms with van der Waals surface area (Å²) in [6.45, 7) is 2.63. The fourth-order valence-electron chi connectivity index (χ4n) is 3.50. The second kappa shape index (κ2) is 9.09. The molecule has 0 saturated heterocycles. The van der Waals surface area contributed by atoms with Crippen LogP contribution in [0.15, 0.2) is 74.8 Å². The smallest absolute Gasteiger partial charge is 0.253 e. The molecular weight excluding hydrogens is 444 g/mol. The Morgan fingerprint density at radius 3 is 2.84 bits per heavy atom. The van der Waals surface area contributed by atoms with Crippen molar-refractivity contribution in [2.75, 3.05) is 5.75 Å². The van der Waals surface area contributed by atoms with Gasteiger partial charge in [-0.1, -0.05) is 47.7 Å². The lowest BCUT2D eigenvalue weighted by Crippen LogP contribution is -2.28. The van der Waals surface area contributed by atoms with E-state index in [0.29, 0.717) is 18.1 Å². The Balaban J connectivity index is 1.33. The third kappa shape index (κ3) is 4.37. The minimum atomic E-state index is -0.267. The van der Waals surface area contributed by atoms with Crippen LogP contribution in [0.2, 0.25) is 0 Å². The van der Waals surface area contributed by atoms with E-state index in [4.69, 9.17) is 4.42 Å². The third-order valence-electron chi connectivity index (χ3n) is 5.13. The van der Waals surface area contributed by atoms with Crippen LogP contribution in [0.4, 0.5) is 0 Å². The van der Waals surface area contributed by atoms with Crippen molar-refractivity contribution in [3.8, 4) is 0 Å². The topological polar surface area (TPSA) is 89.4 Å². The van der Waals surface area contributed by atoms with Gasteiger partial charge in [0.05, 0.1) is 24.3 Å². The predicted molar refractivity (Wildman–Crippen MR) is 123 cm³/mol. The number of aromatic nitrogens is 4. The molecule has 5 rings (SSSR count). The van der Waals surface area contributed by atoms with E-state index in [0.717, 1.165) is 21.9 Å². The standard InChI is InChI=1S/C22H20N6O2S2/c1-15-6-8-16(9-7-15)18-12-19(20-5-2-10-30-20)28(24-18)21(29)14-32-22-23-25-26-27(22)13-17-4-3-11-31-17/h2-11,19H,12-14H2,1H3.